The van der Waals surface area contributed by atoms with Crippen LogP contribution in [0.1, 0.15) is 25.8 Å². The Morgan fingerprint density at radius 1 is 1.17 bits per heavy atom. The first-order valence-corrected chi connectivity index (χ1v) is 8.45. The van der Waals surface area contributed by atoms with Gasteiger partial charge >= 0.3 is 6.03 Å². The minimum absolute atomic E-state index is 0.0477. The van der Waals surface area contributed by atoms with Crippen molar-refractivity contribution >= 4 is 11.9 Å². The minimum Gasteiger partial charge on any atom is -0.497 e. The molecule has 1 fully saturated rings. The average Bonchev–Trinajstić information content (AvgIpc) is 2.59. The molecule has 1 aliphatic heterocycles. The van der Waals surface area contributed by atoms with Crippen molar-refractivity contribution in [1.82, 2.24) is 15.1 Å². The molecule has 0 aromatic heterocycles. The molecule has 1 saturated heterocycles. The zero-order valence-electron chi connectivity index (χ0n) is 14.7. The maximum Gasteiger partial charge on any atom is 0.317 e. The van der Waals surface area contributed by atoms with E-state index in [2.05, 4.69) is 5.32 Å². The number of hydrogen-bond acceptors (Lipinski definition) is 3. The zero-order chi connectivity index (χ0) is 17.5. The first-order chi connectivity index (χ1) is 11.5. The van der Waals surface area contributed by atoms with Crippen LogP contribution in [0.5, 0.6) is 5.75 Å². The smallest absolute Gasteiger partial charge is 0.317 e. The first kappa shape index (κ1) is 18.1. The van der Waals surface area contributed by atoms with Crippen molar-refractivity contribution < 1.29 is 14.3 Å². The van der Waals surface area contributed by atoms with Crippen LogP contribution in [0.15, 0.2) is 24.3 Å². The summed E-state index contributed by atoms with van der Waals surface area (Å²) in [5, 5.41) is 2.89. The van der Waals surface area contributed by atoms with Gasteiger partial charge in [-0.1, -0.05) is 12.1 Å². The molecule has 6 nitrogen and oxygen atoms in total. The summed E-state index contributed by atoms with van der Waals surface area (Å²) in [4.78, 5) is 27.9. The fourth-order valence-corrected chi connectivity index (χ4v) is 2.73. The molecule has 0 unspecified atom stereocenters. The normalized spacial score (nSPS) is 14.7. The highest BCUT2D eigenvalue weighted by molar-refractivity contribution is 5.78. The Labute approximate surface area is 143 Å². The lowest BCUT2D eigenvalue weighted by Gasteiger charge is -2.35. The lowest BCUT2D eigenvalue weighted by molar-refractivity contribution is -0.132. The standard InChI is InChI=1S/C18H27N3O3/c1-14(2)19-18(23)21-11-9-20(10-12-21)17(22)8-7-15-5-4-6-16(13-15)24-3/h4-6,13-14H,7-12H2,1-3H3,(H,19,23). The third-order valence-corrected chi connectivity index (χ3v) is 4.09. The third-order valence-electron chi connectivity index (χ3n) is 4.09. The van der Waals surface area contributed by atoms with Gasteiger partial charge in [0.2, 0.25) is 5.91 Å². The van der Waals surface area contributed by atoms with Gasteiger partial charge in [0, 0.05) is 38.6 Å². The number of nitrogens with zero attached hydrogens (tertiary/aromatic N) is 2. The molecule has 24 heavy (non-hydrogen) atoms. The molecule has 0 saturated carbocycles. The van der Waals surface area contributed by atoms with E-state index in [1.807, 2.05) is 43.0 Å². The van der Waals surface area contributed by atoms with E-state index in [4.69, 9.17) is 4.74 Å². The summed E-state index contributed by atoms with van der Waals surface area (Å²) in [5.41, 5.74) is 1.10. The number of carbonyl (C=O) groups excluding carboxylic acids is 2. The van der Waals surface area contributed by atoms with Crippen molar-refractivity contribution in [3.05, 3.63) is 29.8 Å². The molecule has 0 atom stereocenters. The van der Waals surface area contributed by atoms with Crippen LogP contribution in [-0.4, -0.2) is 61.1 Å². The van der Waals surface area contributed by atoms with Crippen LogP contribution < -0.4 is 10.1 Å². The molecule has 1 N–H and O–H groups in total. The molecule has 1 aromatic carbocycles. The molecular weight excluding hydrogens is 306 g/mol. The van der Waals surface area contributed by atoms with Crippen molar-refractivity contribution in [1.29, 1.82) is 0 Å². The molecule has 1 aliphatic rings. The topological polar surface area (TPSA) is 61.9 Å². The van der Waals surface area contributed by atoms with Gasteiger partial charge in [0.15, 0.2) is 0 Å². The van der Waals surface area contributed by atoms with Crippen molar-refractivity contribution in [2.24, 2.45) is 0 Å². The Morgan fingerprint density at radius 2 is 1.83 bits per heavy atom. The largest absolute Gasteiger partial charge is 0.497 e. The molecule has 1 aromatic rings. The second kappa shape index (κ2) is 8.57. The van der Waals surface area contributed by atoms with E-state index in [0.29, 0.717) is 39.0 Å². The Morgan fingerprint density at radius 3 is 2.46 bits per heavy atom. The number of hydrogen-bond donors (Lipinski definition) is 1. The average molecular weight is 333 g/mol. The van der Waals surface area contributed by atoms with E-state index in [0.717, 1.165) is 11.3 Å². The summed E-state index contributed by atoms with van der Waals surface area (Å²) >= 11 is 0. The SMILES string of the molecule is COc1cccc(CCC(=O)N2CCN(C(=O)NC(C)C)CC2)c1. The fraction of sp³-hybridized carbons (Fsp3) is 0.556. The van der Waals surface area contributed by atoms with Crippen LogP contribution in [0.2, 0.25) is 0 Å². The van der Waals surface area contributed by atoms with Crippen molar-refractivity contribution in [3.63, 3.8) is 0 Å². The molecule has 0 spiro atoms. The summed E-state index contributed by atoms with van der Waals surface area (Å²) in [6.45, 7) is 6.25. The van der Waals surface area contributed by atoms with Crippen LogP contribution >= 0.6 is 0 Å². The number of nitrogens with one attached hydrogen (secondary N) is 1. The van der Waals surface area contributed by atoms with Crippen LogP contribution in [0.4, 0.5) is 4.79 Å². The zero-order valence-corrected chi connectivity index (χ0v) is 14.7. The molecule has 0 aliphatic carbocycles. The molecule has 3 amide bonds. The van der Waals surface area contributed by atoms with E-state index in [1.54, 1.807) is 12.0 Å². The maximum absolute atomic E-state index is 12.4. The van der Waals surface area contributed by atoms with Gasteiger partial charge in [-0.2, -0.15) is 0 Å². The fourth-order valence-electron chi connectivity index (χ4n) is 2.73. The summed E-state index contributed by atoms with van der Waals surface area (Å²) in [7, 11) is 1.64. The number of methoxy groups -OCH3 is 1. The number of urea groups is 1. The van der Waals surface area contributed by atoms with E-state index in [1.165, 1.54) is 0 Å². The number of piperazine rings is 1. The lowest BCUT2D eigenvalue weighted by Crippen LogP contribution is -2.54. The summed E-state index contributed by atoms with van der Waals surface area (Å²) in [6.07, 6.45) is 1.18. The Balaban J connectivity index is 1.77. The molecular formula is C18H27N3O3. The monoisotopic (exact) mass is 333 g/mol. The van der Waals surface area contributed by atoms with Crippen LogP contribution in [0.3, 0.4) is 0 Å². The highest BCUT2D eigenvalue weighted by Crippen LogP contribution is 2.15. The number of rotatable bonds is 5. The molecule has 132 valence electrons. The lowest BCUT2D eigenvalue weighted by atomic mass is 10.1. The number of ether oxygens (including phenoxy) is 1. The second-order valence-electron chi connectivity index (χ2n) is 6.32. The predicted octanol–water partition coefficient (Wildman–Crippen LogP) is 1.89. The van der Waals surface area contributed by atoms with Crippen LogP contribution in [0, 0.1) is 0 Å². The van der Waals surface area contributed by atoms with Gasteiger partial charge < -0.3 is 19.9 Å². The quantitative estimate of drug-likeness (QED) is 0.895. The van der Waals surface area contributed by atoms with E-state index < -0.39 is 0 Å². The first-order valence-electron chi connectivity index (χ1n) is 8.45. The molecule has 2 rings (SSSR count). The van der Waals surface area contributed by atoms with Gasteiger partial charge in [0.25, 0.3) is 0 Å². The van der Waals surface area contributed by atoms with Crippen molar-refractivity contribution in [2.45, 2.75) is 32.7 Å². The number of amides is 3. The number of benzene rings is 1. The van der Waals surface area contributed by atoms with E-state index >= 15 is 0 Å². The second-order valence-corrected chi connectivity index (χ2v) is 6.32. The van der Waals surface area contributed by atoms with Gasteiger partial charge in [0.05, 0.1) is 7.11 Å². The van der Waals surface area contributed by atoms with Gasteiger partial charge in [-0.15, -0.1) is 0 Å². The van der Waals surface area contributed by atoms with Gasteiger partial charge in [0.1, 0.15) is 5.75 Å². The number of aryl methyl sites for hydroxylation is 1. The summed E-state index contributed by atoms with van der Waals surface area (Å²) in [6, 6.07) is 7.87. The van der Waals surface area contributed by atoms with Gasteiger partial charge in [-0.05, 0) is 38.0 Å². The van der Waals surface area contributed by atoms with Crippen LogP contribution in [0.25, 0.3) is 0 Å². The Kier molecular flexibility index (Phi) is 6.46. The van der Waals surface area contributed by atoms with Crippen LogP contribution in [-0.2, 0) is 11.2 Å². The molecule has 6 heteroatoms. The van der Waals surface area contributed by atoms with Gasteiger partial charge in [-0.25, -0.2) is 4.79 Å². The van der Waals surface area contributed by atoms with E-state index in [-0.39, 0.29) is 18.0 Å². The highest BCUT2D eigenvalue weighted by atomic mass is 16.5. The Bertz CT molecular complexity index is 566. The Hall–Kier alpha value is -2.24. The summed E-state index contributed by atoms with van der Waals surface area (Å²) < 4.78 is 5.20. The molecule has 1 heterocycles. The molecule has 0 bridgehead atoms. The third kappa shape index (κ3) is 5.15. The molecule has 0 radical (unpaired) electrons. The number of carbonyl (C=O) groups is 2. The summed E-state index contributed by atoms with van der Waals surface area (Å²) in [5.74, 6) is 0.950. The van der Waals surface area contributed by atoms with E-state index in [9.17, 15) is 9.59 Å². The highest BCUT2D eigenvalue weighted by Gasteiger charge is 2.24. The van der Waals surface area contributed by atoms with Gasteiger partial charge in [-0.3, -0.25) is 4.79 Å². The van der Waals surface area contributed by atoms with Crippen molar-refractivity contribution in [2.75, 3.05) is 33.3 Å². The maximum atomic E-state index is 12.4. The minimum atomic E-state index is -0.0477. The predicted molar refractivity (Wildman–Crippen MR) is 93.1 cm³/mol. The van der Waals surface area contributed by atoms with Crippen molar-refractivity contribution in [3.8, 4) is 5.75 Å².